The van der Waals surface area contributed by atoms with Crippen LogP contribution in [-0.4, -0.2) is 44.3 Å². The fourth-order valence-electron chi connectivity index (χ4n) is 5.05. The zero-order valence-electron chi connectivity index (χ0n) is 26.7. The van der Waals surface area contributed by atoms with Crippen molar-refractivity contribution in [3.8, 4) is 0 Å². The first-order valence-corrected chi connectivity index (χ1v) is 17.8. The molecule has 0 spiro atoms. The molecule has 0 saturated carbocycles. The predicted octanol–water partition coefficient (Wildman–Crippen LogP) is 7.87. The molecule has 0 bridgehead atoms. The van der Waals surface area contributed by atoms with Gasteiger partial charge in [-0.3, -0.25) is 13.9 Å². The van der Waals surface area contributed by atoms with Crippen molar-refractivity contribution in [2.45, 2.75) is 51.6 Å². The number of benzene rings is 4. The molecule has 4 rings (SSSR count). The van der Waals surface area contributed by atoms with E-state index in [2.05, 4.69) is 5.32 Å². The minimum Gasteiger partial charge on any atom is -0.354 e. The third kappa shape index (κ3) is 9.08. The van der Waals surface area contributed by atoms with Crippen LogP contribution < -0.4 is 9.62 Å². The van der Waals surface area contributed by atoms with E-state index >= 15 is 0 Å². The van der Waals surface area contributed by atoms with E-state index in [1.54, 1.807) is 55.5 Å². The fourth-order valence-corrected chi connectivity index (χ4v) is 7.21. The highest BCUT2D eigenvalue weighted by atomic mass is 35.5. The number of halogens is 3. The van der Waals surface area contributed by atoms with Gasteiger partial charge >= 0.3 is 0 Å². The van der Waals surface area contributed by atoms with Gasteiger partial charge in [-0.2, -0.15) is 0 Å². The number of aryl methyl sites for hydroxylation is 1. The normalized spacial score (nSPS) is 12.1. The van der Waals surface area contributed by atoms with Gasteiger partial charge in [-0.05, 0) is 67.3 Å². The summed E-state index contributed by atoms with van der Waals surface area (Å²) in [6.07, 6.45) is 0.166. The number of hydrogen-bond donors (Lipinski definition) is 1. The lowest BCUT2D eigenvalue weighted by atomic mass is 10.0. The maximum absolute atomic E-state index is 14.7. The van der Waals surface area contributed by atoms with Gasteiger partial charge in [0.05, 0.1) is 10.6 Å². The molecule has 0 heterocycles. The molecule has 0 aromatic heterocycles. The standard InChI is InChI=1S/C36H38Cl3N3O4S/c1-24(2)21-40-36(44)34(20-27-10-6-5-7-11-27)41(22-29-31(38)13-8-14-32(29)39)35(43)23-42(33-15-9-12-30(37)26(33)4)47(45,46)28-18-16-25(3)17-19-28/h5-19,24,34H,20-23H2,1-4H3,(H,40,44)/t34-/m1/s1. The number of anilines is 1. The summed E-state index contributed by atoms with van der Waals surface area (Å²) in [5.41, 5.74) is 2.85. The minimum absolute atomic E-state index is 0.00601. The van der Waals surface area contributed by atoms with E-state index in [0.29, 0.717) is 32.7 Å². The largest absolute Gasteiger partial charge is 0.354 e. The first-order chi connectivity index (χ1) is 22.3. The maximum Gasteiger partial charge on any atom is 0.264 e. The first kappa shape index (κ1) is 36.3. The minimum atomic E-state index is -4.28. The highest BCUT2D eigenvalue weighted by Gasteiger charge is 2.36. The summed E-state index contributed by atoms with van der Waals surface area (Å²) in [7, 11) is -4.28. The Hall–Kier alpha value is -3.56. The Morgan fingerprint density at radius 2 is 1.38 bits per heavy atom. The predicted molar refractivity (Wildman–Crippen MR) is 191 cm³/mol. The van der Waals surface area contributed by atoms with Crippen molar-refractivity contribution in [2.24, 2.45) is 5.92 Å². The Morgan fingerprint density at radius 1 is 0.787 bits per heavy atom. The summed E-state index contributed by atoms with van der Waals surface area (Å²) in [6.45, 7) is 7.11. The van der Waals surface area contributed by atoms with Crippen LogP contribution in [0.3, 0.4) is 0 Å². The van der Waals surface area contributed by atoms with Crippen molar-refractivity contribution in [1.82, 2.24) is 10.2 Å². The molecule has 0 radical (unpaired) electrons. The second-order valence-electron chi connectivity index (χ2n) is 11.8. The summed E-state index contributed by atoms with van der Waals surface area (Å²) >= 11 is 19.6. The maximum atomic E-state index is 14.7. The van der Waals surface area contributed by atoms with E-state index in [1.807, 2.05) is 51.1 Å². The van der Waals surface area contributed by atoms with E-state index < -0.39 is 28.5 Å². The molecule has 4 aromatic rings. The highest BCUT2D eigenvalue weighted by molar-refractivity contribution is 7.92. The van der Waals surface area contributed by atoms with Gasteiger partial charge in [0.2, 0.25) is 11.8 Å². The molecule has 1 atom stereocenters. The summed E-state index contributed by atoms with van der Waals surface area (Å²) in [4.78, 5) is 30.0. The fraction of sp³-hybridized carbons (Fsp3) is 0.278. The van der Waals surface area contributed by atoms with Crippen molar-refractivity contribution in [3.05, 3.63) is 128 Å². The lowest BCUT2D eigenvalue weighted by molar-refractivity contribution is -0.140. The Balaban J connectivity index is 1.86. The molecule has 2 amide bonds. The molecule has 11 heteroatoms. The van der Waals surface area contributed by atoms with Crippen molar-refractivity contribution < 1.29 is 18.0 Å². The zero-order valence-corrected chi connectivity index (χ0v) is 29.8. The number of carbonyl (C=O) groups excluding carboxylic acids is 2. The van der Waals surface area contributed by atoms with Crippen LogP contribution in [0.2, 0.25) is 15.1 Å². The molecule has 0 saturated heterocycles. The summed E-state index contributed by atoms with van der Waals surface area (Å²) in [5.74, 6) is -0.859. The molecule has 1 N–H and O–H groups in total. The number of rotatable bonds is 13. The van der Waals surface area contributed by atoms with Crippen molar-refractivity contribution >= 4 is 62.3 Å². The van der Waals surface area contributed by atoms with Crippen molar-refractivity contribution in [2.75, 3.05) is 17.4 Å². The molecule has 0 aliphatic carbocycles. The lowest BCUT2D eigenvalue weighted by Gasteiger charge is -2.34. The number of carbonyl (C=O) groups is 2. The number of hydrogen-bond acceptors (Lipinski definition) is 4. The highest BCUT2D eigenvalue weighted by Crippen LogP contribution is 2.32. The molecule has 248 valence electrons. The van der Waals surface area contributed by atoms with Crippen LogP contribution in [0.1, 0.15) is 36.1 Å². The second kappa shape index (κ2) is 16.0. The molecule has 0 fully saturated rings. The third-order valence-corrected chi connectivity index (χ3v) is 10.6. The van der Waals surface area contributed by atoms with Gasteiger partial charge in [0, 0.05) is 40.1 Å². The SMILES string of the molecule is Cc1ccc(S(=O)(=O)N(CC(=O)N(Cc2c(Cl)cccc2Cl)[C@H](Cc2ccccc2)C(=O)NCC(C)C)c2cccc(Cl)c2C)cc1. The average Bonchev–Trinajstić information content (AvgIpc) is 3.03. The van der Waals surface area contributed by atoms with Crippen molar-refractivity contribution in [3.63, 3.8) is 0 Å². The number of nitrogens with zero attached hydrogens (tertiary/aromatic N) is 2. The van der Waals surface area contributed by atoms with Gasteiger partial charge in [0.1, 0.15) is 12.6 Å². The third-order valence-electron chi connectivity index (χ3n) is 7.74. The van der Waals surface area contributed by atoms with Crippen LogP contribution >= 0.6 is 34.8 Å². The Kier molecular flexibility index (Phi) is 12.4. The molecular weight excluding hydrogens is 677 g/mol. The average molecular weight is 715 g/mol. The van der Waals surface area contributed by atoms with E-state index in [1.165, 1.54) is 17.0 Å². The Labute approximate surface area is 292 Å². The molecule has 47 heavy (non-hydrogen) atoms. The van der Waals surface area contributed by atoms with Crippen LogP contribution in [0, 0.1) is 19.8 Å². The number of amides is 2. The molecule has 0 aliphatic rings. The summed E-state index contributed by atoms with van der Waals surface area (Å²) < 4.78 is 29.6. The number of sulfonamides is 1. The van der Waals surface area contributed by atoms with E-state index in [4.69, 9.17) is 34.8 Å². The topological polar surface area (TPSA) is 86.8 Å². The van der Waals surface area contributed by atoms with Crippen molar-refractivity contribution in [1.29, 1.82) is 0 Å². The monoisotopic (exact) mass is 713 g/mol. The van der Waals surface area contributed by atoms with Gasteiger partial charge in [-0.1, -0.05) is 109 Å². The van der Waals surface area contributed by atoms with E-state index in [9.17, 15) is 18.0 Å². The second-order valence-corrected chi connectivity index (χ2v) is 14.9. The Morgan fingerprint density at radius 3 is 2.00 bits per heavy atom. The van der Waals surface area contributed by atoms with Crippen LogP contribution in [0.5, 0.6) is 0 Å². The molecule has 0 aliphatic heterocycles. The van der Waals surface area contributed by atoms with E-state index in [0.717, 1.165) is 15.4 Å². The van der Waals surface area contributed by atoms with Gasteiger partial charge in [-0.15, -0.1) is 0 Å². The van der Waals surface area contributed by atoms with Crippen LogP contribution in [0.15, 0.2) is 95.9 Å². The van der Waals surface area contributed by atoms with Crippen LogP contribution in [0.4, 0.5) is 5.69 Å². The first-order valence-electron chi connectivity index (χ1n) is 15.2. The molecule has 0 unspecified atom stereocenters. The molecule has 7 nitrogen and oxygen atoms in total. The Bertz CT molecular complexity index is 1800. The lowest BCUT2D eigenvalue weighted by Crippen LogP contribution is -2.54. The quantitative estimate of drug-likeness (QED) is 0.153. The molecular formula is C36H38Cl3N3O4S. The number of nitrogens with one attached hydrogen (secondary N) is 1. The smallest absolute Gasteiger partial charge is 0.264 e. The van der Waals surface area contributed by atoms with E-state index in [-0.39, 0.29) is 35.4 Å². The summed E-state index contributed by atoms with van der Waals surface area (Å²) in [6, 6.07) is 24.6. The van der Waals surface area contributed by atoms with Crippen LogP contribution in [0.25, 0.3) is 0 Å². The summed E-state index contributed by atoms with van der Waals surface area (Å²) in [5, 5.41) is 3.93. The van der Waals surface area contributed by atoms with Gasteiger partial charge in [0.15, 0.2) is 0 Å². The van der Waals surface area contributed by atoms with Gasteiger partial charge < -0.3 is 10.2 Å². The van der Waals surface area contributed by atoms with Gasteiger partial charge in [-0.25, -0.2) is 8.42 Å². The molecule has 4 aromatic carbocycles. The van der Waals surface area contributed by atoms with Gasteiger partial charge in [0.25, 0.3) is 10.0 Å². The zero-order chi connectivity index (χ0) is 34.3. The van der Waals surface area contributed by atoms with Crippen LogP contribution in [-0.2, 0) is 32.6 Å².